The van der Waals surface area contributed by atoms with Crippen molar-refractivity contribution >= 4 is 5.82 Å². The molecule has 0 aliphatic heterocycles. The summed E-state index contributed by atoms with van der Waals surface area (Å²) in [6.07, 6.45) is 3.06. The van der Waals surface area contributed by atoms with Crippen LogP contribution >= 0.6 is 0 Å². The summed E-state index contributed by atoms with van der Waals surface area (Å²) in [6, 6.07) is 2.92. The van der Waals surface area contributed by atoms with Crippen LogP contribution in [0.5, 0.6) is 0 Å². The summed E-state index contributed by atoms with van der Waals surface area (Å²) >= 11 is 0. The lowest BCUT2D eigenvalue weighted by atomic mass is 10.3. The van der Waals surface area contributed by atoms with Crippen LogP contribution in [0, 0.1) is 5.82 Å². The number of aliphatic hydroxyl groups excluding tert-OH is 1. The number of hydrogen-bond acceptors (Lipinski definition) is 3. The van der Waals surface area contributed by atoms with Crippen molar-refractivity contribution in [3.8, 4) is 0 Å². The van der Waals surface area contributed by atoms with Crippen molar-refractivity contribution in [3.63, 3.8) is 0 Å². The van der Waals surface area contributed by atoms with Crippen LogP contribution in [-0.2, 0) is 0 Å². The third-order valence-corrected chi connectivity index (χ3v) is 2.28. The summed E-state index contributed by atoms with van der Waals surface area (Å²) in [5.41, 5.74) is -0.190. The van der Waals surface area contributed by atoms with Gasteiger partial charge in [-0.25, -0.2) is 9.37 Å². The number of pyridine rings is 1. The van der Waals surface area contributed by atoms with Gasteiger partial charge in [0.2, 0.25) is 0 Å². The van der Waals surface area contributed by atoms with E-state index in [4.69, 9.17) is 5.11 Å². The van der Waals surface area contributed by atoms with Crippen molar-refractivity contribution in [2.75, 3.05) is 11.9 Å². The van der Waals surface area contributed by atoms with Gasteiger partial charge >= 0.3 is 0 Å². The first-order chi connectivity index (χ1) is 6.24. The number of hydrogen-bond donors (Lipinski definition) is 2. The monoisotopic (exact) mass is 182 g/mol. The lowest BCUT2D eigenvalue weighted by Crippen LogP contribution is -2.26. The van der Waals surface area contributed by atoms with Gasteiger partial charge in [0.05, 0.1) is 18.3 Å². The Balaban J connectivity index is 2.06. The maximum absolute atomic E-state index is 12.5. The standard InChI is InChI=1S/C9H11FN2O/c10-7-1-2-8(11-5-7)12-9(6-13)3-4-9/h1-2,5,13H,3-4,6H2,(H,11,12). The summed E-state index contributed by atoms with van der Waals surface area (Å²) in [5.74, 6) is 0.271. The average molecular weight is 182 g/mol. The third kappa shape index (κ3) is 1.78. The molecular formula is C9H11FN2O. The number of aromatic nitrogens is 1. The number of rotatable bonds is 3. The molecule has 0 atom stereocenters. The molecule has 1 aliphatic rings. The molecule has 0 aromatic carbocycles. The molecule has 13 heavy (non-hydrogen) atoms. The minimum absolute atomic E-state index is 0.103. The van der Waals surface area contributed by atoms with E-state index in [1.165, 1.54) is 6.07 Å². The lowest BCUT2D eigenvalue weighted by molar-refractivity contribution is 0.266. The van der Waals surface area contributed by atoms with Gasteiger partial charge in [-0.3, -0.25) is 0 Å². The van der Waals surface area contributed by atoms with Crippen molar-refractivity contribution < 1.29 is 9.50 Å². The minimum Gasteiger partial charge on any atom is -0.394 e. The molecule has 0 bridgehead atoms. The molecule has 1 aliphatic carbocycles. The molecule has 4 heteroatoms. The van der Waals surface area contributed by atoms with Crippen LogP contribution in [0.4, 0.5) is 10.2 Å². The first-order valence-corrected chi connectivity index (χ1v) is 4.25. The lowest BCUT2D eigenvalue weighted by Gasteiger charge is -2.14. The van der Waals surface area contributed by atoms with Crippen molar-refractivity contribution in [1.82, 2.24) is 4.98 Å². The molecule has 0 radical (unpaired) electrons. The van der Waals surface area contributed by atoms with E-state index in [2.05, 4.69) is 10.3 Å². The van der Waals surface area contributed by atoms with Crippen molar-refractivity contribution in [2.24, 2.45) is 0 Å². The Labute approximate surface area is 75.6 Å². The zero-order valence-electron chi connectivity index (χ0n) is 7.13. The van der Waals surface area contributed by atoms with E-state index in [0.29, 0.717) is 5.82 Å². The fourth-order valence-electron chi connectivity index (χ4n) is 1.19. The highest BCUT2D eigenvalue weighted by Crippen LogP contribution is 2.37. The number of aliphatic hydroxyl groups is 1. The van der Waals surface area contributed by atoms with Gasteiger partial charge in [0.25, 0.3) is 0 Å². The molecule has 1 aromatic heterocycles. The van der Waals surface area contributed by atoms with Crippen LogP contribution in [0.15, 0.2) is 18.3 Å². The Morgan fingerprint density at radius 2 is 2.31 bits per heavy atom. The Bertz CT molecular complexity index is 295. The van der Waals surface area contributed by atoms with Crippen molar-refractivity contribution in [2.45, 2.75) is 18.4 Å². The van der Waals surface area contributed by atoms with E-state index in [9.17, 15) is 4.39 Å². The molecule has 0 unspecified atom stereocenters. The van der Waals surface area contributed by atoms with Gasteiger partial charge < -0.3 is 10.4 Å². The SMILES string of the molecule is OCC1(Nc2ccc(F)cn2)CC1. The van der Waals surface area contributed by atoms with Crippen LogP contribution in [-0.4, -0.2) is 22.2 Å². The first kappa shape index (κ1) is 8.44. The highest BCUT2D eigenvalue weighted by molar-refractivity contribution is 5.40. The second-order valence-electron chi connectivity index (χ2n) is 3.43. The molecule has 1 fully saturated rings. The molecule has 0 amide bonds. The van der Waals surface area contributed by atoms with E-state index in [1.54, 1.807) is 6.07 Å². The summed E-state index contributed by atoms with van der Waals surface area (Å²) in [4.78, 5) is 3.85. The van der Waals surface area contributed by atoms with Crippen molar-refractivity contribution in [3.05, 3.63) is 24.1 Å². The number of anilines is 1. The maximum atomic E-state index is 12.5. The molecule has 1 heterocycles. The van der Waals surface area contributed by atoms with Gasteiger partial charge in [-0.1, -0.05) is 0 Å². The largest absolute Gasteiger partial charge is 0.394 e. The molecule has 1 saturated carbocycles. The van der Waals surface area contributed by atoms with E-state index in [1.807, 2.05) is 0 Å². The van der Waals surface area contributed by atoms with E-state index >= 15 is 0 Å². The second-order valence-corrected chi connectivity index (χ2v) is 3.43. The van der Waals surface area contributed by atoms with Crippen LogP contribution in [0.3, 0.4) is 0 Å². The van der Waals surface area contributed by atoms with Gasteiger partial charge in [0.1, 0.15) is 11.6 Å². The molecule has 2 N–H and O–H groups in total. The zero-order valence-corrected chi connectivity index (χ0v) is 7.13. The Kier molecular flexibility index (Phi) is 1.92. The molecular weight excluding hydrogens is 171 g/mol. The number of halogens is 1. The summed E-state index contributed by atoms with van der Waals surface area (Å²) in [7, 11) is 0. The summed E-state index contributed by atoms with van der Waals surface area (Å²) in [5, 5.41) is 12.1. The number of nitrogens with zero attached hydrogens (tertiary/aromatic N) is 1. The highest BCUT2D eigenvalue weighted by Gasteiger charge is 2.42. The predicted molar refractivity (Wildman–Crippen MR) is 46.9 cm³/mol. The molecule has 0 saturated heterocycles. The molecule has 1 aromatic rings. The van der Waals surface area contributed by atoms with Gasteiger partial charge in [-0.2, -0.15) is 0 Å². The molecule has 2 rings (SSSR count). The fourth-order valence-corrected chi connectivity index (χ4v) is 1.19. The third-order valence-electron chi connectivity index (χ3n) is 2.28. The zero-order chi connectivity index (χ0) is 9.31. The number of nitrogens with one attached hydrogen (secondary N) is 1. The Hall–Kier alpha value is -1.16. The van der Waals surface area contributed by atoms with E-state index < -0.39 is 0 Å². The molecule has 70 valence electrons. The first-order valence-electron chi connectivity index (χ1n) is 4.25. The van der Waals surface area contributed by atoms with E-state index in [-0.39, 0.29) is 18.0 Å². The van der Waals surface area contributed by atoms with Crippen LogP contribution < -0.4 is 5.32 Å². The Morgan fingerprint density at radius 3 is 2.77 bits per heavy atom. The minimum atomic E-state index is -0.348. The molecule has 0 spiro atoms. The predicted octanol–water partition coefficient (Wildman–Crippen LogP) is 1.16. The van der Waals surface area contributed by atoms with Crippen LogP contribution in [0.2, 0.25) is 0 Å². The average Bonchev–Trinajstić information content (AvgIpc) is 2.90. The highest BCUT2D eigenvalue weighted by atomic mass is 19.1. The van der Waals surface area contributed by atoms with E-state index in [0.717, 1.165) is 19.0 Å². The Morgan fingerprint density at radius 1 is 1.54 bits per heavy atom. The summed E-state index contributed by atoms with van der Waals surface area (Å²) < 4.78 is 12.5. The summed E-state index contributed by atoms with van der Waals surface area (Å²) in [6.45, 7) is 0.103. The van der Waals surface area contributed by atoms with Crippen LogP contribution in [0.25, 0.3) is 0 Å². The fraction of sp³-hybridized carbons (Fsp3) is 0.444. The second kappa shape index (κ2) is 2.96. The smallest absolute Gasteiger partial charge is 0.141 e. The topological polar surface area (TPSA) is 45.1 Å². The van der Waals surface area contributed by atoms with Crippen LogP contribution in [0.1, 0.15) is 12.8 Å². The van der Waals surface area contributed by atoms with Gasteiger partial charge in [-0.05, 0) is 25.0 Å². The maximum Gasteiger partial charge on any atom is 0.141 e. The van der Waals surface area contributed by atoms with Crippen molar-refractivity contribution in [1.29, 1.82) is 0 Å². The van der Waals surface area contributed by atoms with Gasteiger partial charge in [0, 0.05) is 0 Å². The van der Waals surface area contributed by atoms with Gasteiger partial charge in [-0.15, -0.1) is 0 Å². The molecule has 3 nitrogen and oxygen atoms in total. The normalized spacial score (nSPS) is 18.3. The quantitative estimate of drug-likeness (QED) is 0.737. The van der Waals surface area contributed by atoms with Gasteiger partial charge in [0.15, 0.2) is 0 Å².